The molecule has 2 aromatic rings. The van der Waals surface area contributed by atoms with Crippen LogP contribution in [-0.2, 0) is 0 Å². The molecule has 6 nitrogen and oxygen atoms in total. The summed E-state index contributed by atoms with van der Waals surface area (Å²) < 4.78 is 1.96. The number of hydrogen-bond donors (Lipinski definition) is 1. The molecular formula is C18H25N5O. The minimum atomic E-state index is -0.0369. The Morgan fingerprint density at radius 3 is 2.75 bits per heavy atom. The second kappa shape index (κ2) is 7.49. The van der Waals surface area contributed by atoms with Gasteiger partial charge in [-0.05, 0) is 31.2 Å². The molecule has 1 aromatic heterocycles. The van der Waals surface area contributed by atoms with Gasteiger partial charge in [0, 0.05) is 44.3 Å². The van der Waals surface area contributed by atoms with Crippen molar-refractivity contribution < 1.29 is 4.79 Å². The van der Waals surface area contributed by atoms with E-state index in [-0.39, 0.29) is 12.1 Å². The summed E-state index contributed by atoms with van der Waals surface area (Å²) in [6.07, 6.45) is 5.44. The molecule has 6 heteroatoms. The van der Waals surface area contributed by atoms with Gasteiger partial charge in [-0.1, -0.05) is 19.1 Å². The van der Waals surface area contributed by atoms with Crippen molar-refractivity contribution >= 4 is 6.03 Å². The Balaban J connectivity index is 1.61. The van der Waals surface area contributed by atoms with E-state index in [0.29, 0.717) is 0 Å². The third-order valence-electron chi connectivity index (χ3n) is 4.62. The van der Waals surface area contributed by atoms with Crippen LogP contribution in [0.25, 0.3) is 5.69 Å². The molecule has 128 valence electrons. The first-order valence-corrected chi connectivity index (χ1v) is 8.53. The molecular weight excluding hydrogens is 302 g/mol. The highest BCUT2D eigenvalue weighted by Crippen LogP contribution is 2.17. The number of nitrogens with one attached hydrogen (secondary N) is 1. The monoisotopic (exact) mass is 327 g/mol. The SMILES string of the molecule is CCN1CCN(C(=O)N[C@H](C)c2cccc(-n3ccnc3)c2)CC1. The highest BCUT2D eigenvalue weighted by atomic mass is 16.2. The van der Waals surface area contributed by atoms with E-state index in [0.717, 1.165) is 44.0 Å². The number of amides is 2. The molecule has 1 atom stereocenters. The average Bonchev–Trinajstić information content (AvgIpc) is 3.16. The van der Waals surface area contributed by atoms with Crippen molar-refractivity contribution in [3.8, 4) is 5.69 Å². The Morgan fingerprint density at radius 1 is 1.29 bits per heavy atom. The Labute approximate surface area is 143 Å². The predicted octanol–water partition coefficient (Wildman–Crippen LogP) is 2.28. The second-order valence-corrected chi connectivity index (χ2v) is 6.16. The lowest BCUT2D eigenvalue weighted by Crippen LogP contribution is -2.51. The van der Waals surface area contributed by atoms with Crippen LogP contribution in [0.3, 0.4) is 0 Å². The highest BCUT2D eigenvalue weighted by Gasteiger charge is 2.21. The summed E-state index contributed by atoms with van der Waals surface area (Å²) >= 11 is 0. The Kier molecular flexibility index (Phi) is 5.15. The molecule has 1 aliphatic heterocycles. The first kappa shape index (κ1) is 16.5. The predicted molar refractivity (Wildman–Crippen MR) is 94.2 cm³/mol. The van der Waals surface area contributed by atoms with Gasteiger partial charge in [0.25, 0.3) is 0 Å². The molecule has 0 radical (unpaired) electrons. The van der Waals surface area contributed by atoms with Gasteiger partial charge >= 0.3 is 6.03 Å². The standard InChI is InChI=1S/C18H25N5O/c1-3-21-9-11-22(12-10-21)18(24)20-15(2)16-5-4-6-17(13-16)23-8-7-19-14-23/h4-8,13-15H,3,9-12H2,1-2H3,(H,20,24)/t15-/m1/s1. The van der Waals surface area contributed by atoms with E-state index in [1.807, 2.05) is 40.8 Å². The van der Waals surface area contributed by atoms with Crippen LogP contribution in [0.1, 0.15) is 25.5 Å². The number of hydrogen-bond acceptors (Lipinski definition) is 3. The van der Waals surface area contributed by atoms with Gasteiger partial charge in [-0.15, -0.1) is 0 Å². The minimum absolute atomic E-state index is 0.0197. The van der Waals surface area contributed by atoms with Gasteiger partial charge in [0.1, 0.15) is 0 Å². The summed E-state index contributed by atoms with van der Waals surface area (Å²) in [5, 5.41) is 3.11. The van der Waals surface area contributed by atoms with Gasteiger partial charge in [-0.25, -0.2) is 9.78 Å². The number of piperazine rings is 1. The summed E-state index contributed by atoms with van der Waals surface area (Å²) in [5.41, 5.74) is 2.13. The van der Waals surface area contributed by atoms with Gasteiger partial charge in [0.05, 0.1) is 12.4 Å². The van der Waals surface area contributed by atoms with Crippen molar-refractivity contribution in [1.82, 2.24) is 24.7 Å². The third kappa shape index (κ3) is 3.76. The molecule has 3 rings (SSSR count). The molecule has 0 saturated carbocycles. The quantitative estimate of drug-likeness (QED) is 0.937. The minimum Gasteiger partial charge on any atom is -0.331 e. The van der Waals surface area contributed by atoms with E-state index < -0.39 is 0 Å². The van der Waals surface area contributed by atoms with Crippen LogP contribution in [0.15, 0.2) is 43.0 Å². The van der Waals surface area contributed by atoms with Gasteiger partial charge in [0.2, 0.25) is 0 Å². The van der Waals surface area contributed by atoms with Crippen LogP contribution in [0, 0.1) is 0 Å². The van der Waals surface area contributed by atoms with Crippen molar-refractivity contribution in [2.24, 2.45) is 0 Å². The zero-order valence-electron chi connectivity index (χ0n) is 14.4. The maximum Gasteiger partial charge on any atom is 0.317 e. The topological polar surface area (TPSA) is 53.4 Å². The van der Waals surface area contributed by atoms with Crippen LogP contribution < -0.4 is 5.32 Å². The fourth-order valence-electron chi connectivity index (χ4n) is 2.99. The highest BCUT2D eigenvalue weighted by molar-refractivity contribution is 5.74. The molecule has 1 N–H and O–H groups in total. The number of likely N-dealkylation sites (N-methyl/N-ethyl adjacent to an activating group) is 1. The first-order chi connectivity index (χ1) is 11.7. The number of benzene rings is 1. The van der Waals surface area contributed by atoms with Gasteiger partial charge in [0.15, 0.2) is 0 Å². The number of carbonyl (C=O) groups is 1. The zero-order valence-corrected chi connectivity index (χ0v) is 14.4. The van der Waals surface area contributed by atoms with Crippen LogP contribution in [0.5, 0.6) is 0 Å². The molecule has 1 aromatic carbocycles. The molecule has 2 heterocycles. The summed E-state index contributed by atoms with van der Waals surface area (Å²) in [6, 6.07) is 8.15. The third-order valence-corrected chi connectivity index (χ3v) is 4.62. The number of nitrogens with zero attached hydrogens (tertiary/aromatic N) is 4. The maximum atomic E-state index is 12.5. The fourth-order valence-corrected chi connectivity index (χ4v) is 2.99. The lowest BCUT2D eigenvalue weighted by atomic mass is 10.1. The molecule has 0 bridgehead atoms. The van der Waals surface area contributed by atoms with Crippen molar-refractivity contribution in [3.05, 3.63) is 48.5 Å². The maximum absolute atomic E-state index is 12.5. The number of urea groups is 1. The summed E-state index contributed by atoms with van der Waals surface area (Å²) in [6.45, 7) is 8.72. The van der Waals surface area contributed by atoms with E-state index in [1.54, 1.807) is 12.5 Å². The van der Waals surface area contributed by atoms with E-state index in [1.165, 1.54) is 0 Å². The van der Waals surface area contributed by atoms with Crippen LogP contribution in [-0.4, -0.2) is 58.1 Å². The van der Waals surface area contributed by atoms with Gasteiger partial charge in [-0.3, -0.25) is 0 Å². The first-order valence-electron chi connectivity index (χ1n) is 8.53. The molecule has 2 amide bonds. The van der Waals surface area contributed by atoms with E-state index in [9.17, 15) is 4.79 Å². The van der Waals surface area contributed by atoms with Crippen molar-refractivity contribution in [3.63, 3.8) is 0 Å². The summed E-state index contributed by atoms with van der Waals surface area (Å²) in [5.74, 6) is 0. The molecule has 1 aliphatic rings. The Morgan fingerprint density at radius 2 is 2.08 bits per heavy atom. The number of imidazole rings is 1. The fraction of sp³-hybridized carbons (Fsp3) is 0.444. The molecule has 1 saturated heterocycles. The van der Waals surface area contributed by atoms with Crippen LogP contribution in [0.2, 0.25) is 0 Å². The Hall–Kier alpha value is -2.34. The normalized spacial score (nSPS) is 16.8. The van der Waals surface area contributed by atoms with E-state index in [4.69, 9.17) is 0 Å². The van der Waals surface area contributed by atoms with Crippen molar-refractivity contribution in [1.29, 1.82) is 0 Å². The lowest BCUT2D eigenvalue weighted by Gasteiger charge is -2.34. The number of aromatic nitrogens is 2. The molecule has 24 heavy (non-hydrogen) atoms. The molecule has 0 spiro atoms. The largest absolute Gasteiger partial charge is 0.331 e. The van der Waals surface area contributed by atoms with Gasteiger partial charge in [-0.2, -0.15) is 0 Å². The number of carbonyl (C=O) groups excluding carboxylic acids is 1. The van der Waals surface area contributed by atoms with Crippen LogP contribution >= 0.6 is 0 Å². The van der Waals surface area contributed by atoms with E-state index in [2.05, 4.69) is 28.2 Å². The van der Waals surface area contributed by atoms with Gasteiger partial charge < -0.3 is 19.7 Å². The van der Waals surface area contributed by atoms with Crippen molar-refractivity contribution in [2.75, 3.05) is 32.7 Å². The van der Waals surface area contributed by atoms with Crippen LogP contribution in [0.4, 0.5) is 4.79 Å². The van der Waals surface area contributed by atoms with Crippen molar-refractivity contribution in [2.45, 2.75) is 19.9 Å². The van der Waals surface area contributed by atoms with E-state index >= 15 is 0 Å². The molecule has 0 aliphatic carbocycles. The smallest absolute Gasteiger partial charge is 0.317 e. The summed E-state index contributed by atoms with van der Waals surface area (Å²) in [4.78, 5) is 20.8. The lowest BCUT2D eigenvalue weighted by molar-refractivity contribution is 0.141. The average molecular weight is 327 g/mol. The molecule has 1 fully saturated rings. The molecule has 0 unspecified atom stereocenters. The zero-order chi connectivity index (χ0) is 16.9. The summed E-state index contributed by atoms with van der Waals surface area (Å²) in [7, 11) is 0. The number of rotatable bonds is 4. The Bertz CT molecular complexity index is 662. The second-order valence-electron chi connectivity index (χ2n) is 6.16.